The van der Waals surface area contributed by atoms with Gasteiger partial charge < -0.3 is 15.4 Å². The molecule has 2 aromatic rings. The van der Waals surface area contributed by atoms with Crippen LogP contribution >= 0.6 is 0 Å². The minimum atomic E-state index is -0.770. The van der Waals surface area contributed by atoms with E-state index in [0.29, 0.717) is 0 Å². The van der Waals surface area contributed by atoms with Gasteiger partial charge in [0.15, 0.2) is 5.82 Å². The Morgan fingerprint density at radius 1 is 1.33 bits per heavy atom. The first-order chi connectivity index (χ1) is 8.61. The van der Waals surface area contributed by atoms with Crippen LogP contribution in [0.25, 0.3) is 0 Å². The minimum absolute atomic E-state index is 0.0397. The van der Waals surface area contributed by atoms with Gasteiger partial charge in [0.05, 0.1) is 19.1 Å². The van der Waals surface area contributed by atoms with E-state index in [1.165, 1.54) is 6.07 Å². The molecule has 1 atom stereocenters. The van der Waals surface area contributed by atoms with Crippen molar-refractivity contribution in [2.24, 2.45) is 5.73 Å². The summed E-state index contributed by atoms with van der Waals surface area (Å²) in [7, 11) is 0. The zero-order valence-corrected chi connectivity index (χ0v) is 9.31. The Morgan fingerprint density at radius 3 is 2.61 bits per heavy atom. The number of aliphatic hydroxyl groups is 1. The van der Waals surface area contributed by atoms with E-state index < -0.39 is 17.7 Å². The lowest BCUT2D eigenvalue weighted by Gasteiger charge is -2.01. The minimum Gasteiger partial charge on any atom is -0.394 e. The fraction of sp³-hybridized carbons (Fsp3) is 0.273. The van der Waals surface area contributed by atoms with Gasteiger partial charge in [0, 0.05) is 5.56 Å². The highest BCUT2D eigenvalue weighted by molar-refractivity contribution is 5.22. The van der Waals surface area contributed by atoms with Gasteiger partial charge in [0.25, 0.3) is 0 Å². The zero-order valence-electron chi connectivity index (χ0n) is 9.31. The van der Waals surface area contributed by atoms with E-state index in [0.717, 1.165) is 12.1 Å². The quantitative estimate of drug-likeness (QED) is 0.848. The fourth-order valence-corrected chi connectivity index (χ4v) is 1.42. The third-order valence-corrected chi connectivity index (χ3v) is 2.40. The number of nitrogens with two attached hydrogens (primary N) is 1. The van der Waals surface area contributed by atoms with Crippen LogP contribution in [0.5, 0.6) is 0 Å². The van der Waals surface area contributed by atoms with Gasteiger partial charge in [-0.15, -0.1) is 0 Å². The van der Waals surface area contributed by atoms with Crippen molar-refractivity contribution in [2.45, 2.75) is 12.5 Å². The summed E-state index contributed by atoms with van der Waals surface area (Å²) in [6.45, 7) is -0.340. The van der Waals surface area contributed by atoms with Crippen LogP contribution in [0, 0.1) is 11.6 Å². The average molecular weight is 255 g/mol. The van der Waals surface area contributed by atoms with Gasteiger partial charge in [-0.2, -0.15) is 4.98 Å². The standard InChI is InChI=1S/C11H11F2N3O2/c12-7-2-1-3-8(13)6(7)4-10-15-11(16-18-10)9(14)5-17/h1-3,9,17H,4-5,14H2. The molecule has 0 aliphatic carbocycles. The number of nitrogens with zero attached hydrogens (tertiary/aromatic N) is 2. The van der Waals surface area contributed by atoms with Crippen molar-refractivity contribution in [1.82, 2.24) is 10.1 Å². The van der Waals surface area contributed by atoms with Crippen molar-refractivity contribution in [1.29, 1.82) is 0 Å². The second-order valence-corrected chi connectivity index (χ2v) is 3.71. The van der Waals surface area contributed by atoms with E-state index in [-0.39, 0.29) is 30.3 Å². The first-order valence-electron chi connectivity index (χ1n) is 5.23. The van der Waals surface area contributed by atoms with Crippen molar-refractivity contribution in [3.8, 4) is 0 Å². The lowest BCUT2D eigenvalue weighted by molar-refractivity contribution is 0.259. The Kier molecular flexibility index (Phi) is 3.63. The van der Waals surface area contributed by atoms with Gasteiger partial charge in [0.1, 0.15) is 11.6 Å². The average Bonchev–Trinajstić information content (AvgIpc) is 2.81. The SMILES string of the molecule is NC(CO)c1noc(Cc2c(F)cccc2F)n1. The van der Waals surface area contributed by atoms with Crippen LogP contribution in [0.1, 0.15) is 23.3 Å². The summed E-state index contributed by atoms with van der Waals surface area (Å²) in [4.78, 5) is 3.86. The molecule has 0 aliphatic rings. The van der Waals surface area contributed by atoms with Gasteiger partial charge in [-0.3, -0.25) is 0 Å². The first kappa shape index (κ1) is 12.6. The maximum absolute atomic E-state index is 13.4. The van der Waals surface area contributed by atoms with Crippen LogP contribution in [0.15, 0.2) is 22.7 Å². The molecule has 0 amide bonds. The second-order valence-electron chi connectivity index (χ2n) is 3.71. The lowest BCUT2D eigenvalue weighted by atomic mass is 10.1. The smallest absolute Gasteiger partial charge is 0.231 e. The Bertz CT molecular complexity index is 525. The van der Waals surface area contributed by atoms with E-state index >= 15 is 0 Å². The molecule has 0 saturated carbocycles. The molecule has 1 heterocycles. The second kappa shape index (κ2) is 5.19. The number of halogens is 2. The molecular weight excluding hydrogens is 244 g/mol. The Labute approximate surface area is 101 Å². The summed E-state index contributed by atoms with van der Waals surface area (Å²) in [5.41, 5.74) is 5.33. The predicted molar refractivity (Wildman–Crippen MR) is 57.5 cm³/mol. The molecule has 7 heteroatoms. The van der Waals surface area contributed by atoms with Crippen LogP contribution in [0.3, 0.4) is 0 Å². The van der Waals surface area contributed by atoms with Crippen molar-refractivity contribution in [2.75, 3.05) is 6.61 Å². The molecule has 0 radical (unpaired) electrons. The number of hydrogen-bond donors (Lipinski definition) is 2. The molecule has 1 unspecified atom stereocenters. The molecule has 0 bridgehead atoms. The topological polar surface area (TPSA) is 85.2 Å². The van der Waals surface area contributed by atoms with Gasteiger partial charge >= 0.3 is 0 Å². The van der Waals surface area contributed by atoms with Gasteiger partial charge in [0.2, 0.25) is 5.89 Å². The molecular formula is C11H11F2N3O2. The monoisotopic (exact) mass is 255 g/mol. The predicted octanol–water partition coefficient (Wildman–Crippen LogP) is 0.931. The van der Waals surface area contributed by atoms with E-state index in [2.05, 4.69) is 10.1 Å². The van der Waals surface area contributed by atoms with Crippen molar-refractivity contribution < 1.29 is 18.4 Å². The van der Waals surface area contributed by atoms with Crippen LogP contribution in [0.4, 0.5) is 8.78 Å². The highest BCUT2D eigenvalue weighted by Crippen LogP contribution is 2.16. The third-order valence-electron chi connectivity index (χ3n) is 2.40. The molecule has 0 fully saturated rings. The maximum Gasteiger partial charge on any atom is 0.231 e. The molecule has 1 aromatic carbocycles. The van der Waals surface area contributed by atoms with Gasteiger partial charge in [-0.05, 0) is 12.1 Å². The molecule has 5 nitrogen and oxygen atoms in total. The Morgan fingerprint density at radius 2 is 2.00 bits per heavy atom. The summed E-state index contributed by atoms with van der Waals surface area (Å²) in [6, 6.07) is 2.80. The molecule has 0 saturated heterocycles. The molecule has 0 aliphatic heterocycles. The van der Waals surface area contributed by atoms with E-state index in [9.17, 15) is 8.78 Å². The largest absolute Gasteiger partial charge is 0.394 e. The number of aromatic nitrogens is 2. The van der Waals surface area contributed by atoms with Crippen molar-refractivity contribution in [3.05, 3.63) is 47.1 Å². The Hall–Kier alpha value is -1.86. The van der Waals surface area contributed by atoms with Crippen LogP contribution in [-0.4, -0.2) is 21.9 Å². The number of hydrogen-bond acceptors (Lipinski definition) is 5. The molecule has 3 N–H and O–H groups in total. The summed E-state index contributed by atoms with van der Waals surface area (Å²) < 4.78 is 31.6. The lowest BCUT2D eigenvalue weighted by Crippen LogP contribution is -2.16. The zero-order chi connectivity index (χ0) is 13.1. The Balaban J connectivity index is 2.21. The van der Waals surface area contributed by atoms with Crippen molar-refractivity contribution in [3.63, 3.8) is 0 Å². The normalized spacial score (nSPS) is 12.7. The summed E-state index contributed by atoms with van der Waals surface area (Å²) >= 11 is 0. The highest BCUT2D eigenvalue weighted by Gasteiger charge is 2.16. The number of aliphatic hydroxyl groups excluding tert-OH is 1. The van der Waals surface area contributed by atoms with Crippen LogP contribution in [0.2, 0.25) is 0 Å². The fourth-order valence-electron chi connectivity index (χ4n) is 1.42. The molecule has 1 aromatic heterocycles. The van der Waals surface area contributed by atoms with Crippen molar-refractivity contribution >= 4 is 0 Å². The summed E-state index contributed by atoms with van der Waals surface area (Å²) in [5.74, 6) is -1.22. The van der Waals surface area contributed by atoms with E-state index in [1.807, 2.05) is 0 Å². The number of benzene rings is 1. The van der Waals surface area contributed by atoms with Gasteiger partial charge in [-0.25, -0.2) is 8.78 Å². The van der Waals surface area contributed by atoms with Crippen LogP contribution < -0.4 is 5.73 Å². The number of rotatable bonds is 4. The molecule has 18 heavy (non-hydrogen) atoms. The first-order valence-corrected chi connectivity index (χ1v) is 5.23. The van der Waals surface area contributed by atoms with E-state index in [4.69, 9.17) is 15.4 Å². The molecule has 96 valence electrons. The highest BCUT2D eigenvalue weighted by atomic mass is 19.1. The molecule has 0 spiro atoms. The third kappa shape index (κ3) is 2.52. The summed E-state index contributed by atoms with van der Waals surface area (Å²) in [5, 5.41) is 12.3. The van der Waals surface area contributed by atoms with E-state index in [1.54, 1.807) is 0 Å². The van der Waals surface area contributed by atoms with Gasteiger partial charge in [-0.1, -0.05) is 11.2 Å². The maximum atomic E-state index is 13.4. The van der Waals surface area contributed by atoms with Crippen LogP contribution in [-0.2, 0) is 6.42 Å². The molecule has 2 rings (SSSR count). The summed E-state index contributed by atoms with van der Waals surface area (Å²) in [6.07, 6.45) is -0.163.